The third kappa shape index (κ3) is 3.02. The third-order valence-corrected chi connectivity index (χ3v) is 3.57. The van der Waals surface area contributed by atoms with Gasteiger partial charge >= 0.3 is 0 Å². The molecule has 2 aromatic rings. The number of nitrogens with two attached hydrogens (primary N) is 1. The second-order valence-electron chi connectivity index (χ2n) is 5.05. The Morgan fingerprint density at radius 1 is 1.29 bits per heavy atom. The molecular weight excluding hydrogens is 267 g/mol. The van der Waals surface area contributed by atoms with E-state index in [0.29, 0.717) is 16.9 Å². The minimum Gasteiger partial charge on any atom is -0.384 e. The number of nitrogen functional groups attached to an aromatic ring is 1. The molecule has 0 fully saturated rings. The van der Waals surface area contributed by atoms with Crippen LogP contribution in [0.1, 0.15) is 29.8 Å². The van der Waals surface area contributed by atoms with Crippen LogP contribution in [0, 0.1) is 18.2 Å². The van der Waals surface area contributed by atoms with Crippen LogP contribution >= 0.6 is 0 Å². The predicted octanol–water partition coefficient (Wildman–Crippen LogP) is 3.01. The molecule has 0 spiro atoms. The first kappa shape index (κ1) is 15.0. The molecule has 0 aliphatic carbocycles. The summed E-state index contributed by atoms with van der Waals surface area (Å²) in [6.07, 6.45) is 0. The Balaban J connectivity index is 2.44. The Bertz CT molecular complexity index is 669. The van der Waals surface area contributed by atoms with Gasteiger partial charge in [-0.1, -0.05) is 18.2 Å². The van der Waals surface area contributed by atoms with Crippen LogP contribution in [0.2, 0.25) is 0 Å². The Labute approximate surface area is 123 Å². The van der Waals surface area contributed by atoms with E-state index in [0.717, 1.165) is 5.69 Å². The first-order valence-corrected chi connectivity index (χ1v) is 6.71. The van der Waals surface area contributed by atoms with Crippen molar-refractivity contribution in [3.63, 3.8) is 0 Å². The Morgan fingerprint density at radius 2 is 1.95 bits per heavy atom. The summed E-state index contributed by atoms with van der Waals surface area (Å²) in [5.41, 5.74) is 7.56. The first-order chi connectivity index (χ1) is 9.91. The summed E-state index contributed by atoms with van der Waals surface area (Å²) < 4.78 is 13.9. The molecule has 0 bridgehead atoms. The molecule has 0 aliphatic rings. The average Bonchev–Trinajstić information content (AvgIpc) is 2.45. The minimum atomic E-state index is -0.256. The standard InChI is InChI=1S/C16H19FN4/c1-10-8-9-13(15(18)19)16(20-10)21(3)11(2)12-6-4-5-7-14(12)17/h4-9,11H,1-3H3,(H3,18,19). The molecule has 0 saturated heterocycles. The highest BCUT2D eigenvalue weighted by molar-refractivity contribution is 5.99. The molecule has 1 aromatic heterocycles. The molecule has 5 heteroatoms. The van der Waals surface area contributed by atoms with Gasteiger partial charge in [0.05, 0.1) is 11.6 Å². The second-order valence-corrected chi connectivity index (χ2v) is 5.05. The van der Waals surface area contributed by atoms with Crippen LogP contribution in [-0.4, -0.2) is 17.9 Å². The number of hydrogen-bond donors (Lipinski definition) is 2. The zero-order valence-corrected chi connectivity index (χ0v) is 12.4. The van der Waals surface area contributed by atoms with Crippen molar-refractivity contribution in [2.45, 2.75) is 19.9 Å². The summed E-state index contributed by atoms with van der Waals surface area (Å²) in [6.45, 7) is 3.77. The largest absolute Gasteiger partial charge is 0.384 e. The van der Waals surface area contributed by atoms with Crippen LogP contribution in [0.3, 0.4) is 0 Å². The lowest BCUT2D eigenvalue weighted by Gasteiger charge is -2.28. The quantitative estimate of drug-likeness (QED) is 0.670. The lowest BCUT2D eigenvalue weighted by atomic mass is 10.1. The number of benzene rings is 1. The Kier molecular flexibility index (Phi) is 4.21. The summed E-state index contributed by atoms with van der Waals surface area (Å²) in [6, 6.07) is 10.0. The van der Waals surface area contributed by atoms with Crippen molar-refractivity contribution in [3.05, 3.63) is 59.0 Å². The van der Waals surface area contributed by atoms with Crippen molar-refractivity contribution < 1.29 is 4.39 Å². The van der Waals surface area contributed by atoms with E-state index in [1.807, 2.05) is 31.9 Å². The topological polar surface area (TPSA) is 66.0 Å². The van der Waals surface area contributed by atoms with E-state index in [-0.39, 0.29) is 17.7 Å². The van der Waals surface area contributed by atoms with E-state index in [1.165, 1.54) is 6.07 Å². The van der Waals surface area contributed by atoms with Crippen molar-refractivity contribution >= 4 is 11.7 Å². The van der Waals surface area contributed by atoms with Crippen molar-refractivity contribution in [2.75, 3.05) is 11.9 Å². The molecule has 21 heavy (non-hydrogen) atoms. The number of anilines is 1. The molecule has 1 heterocycles. The van der Waals surface area contributed by atoms with Gasteiger partial charge in [-0.3, -0.25) is 5.41 Å². The SMILES string of the molecule is Cc1ccc(C(=N)N)c(N(C)C(C)c2ccccc2F)n1. The van der Waals surface area contributed by atoms with E-state index >= 15 is 0 Å². The normalized spacial score (nSPS) is 12.0. The number of hydrogen-bond acceptors (Lipinski definition) is 3. The maximum absolute atomic E-state index is 13.9. The van der Waals surface area contributed by atoms with Gasteiger partial charge in [0.1, 0.15) is 17.5 Å². The van der Waals surface area contributed by atoms with E-state index in [4.69, 9.17) is 11.1 Å². The zero-order valence-electron chi connectivity index (χ0n) is 12.4. The third-order valence-electron chi connectivity index (χ3n) is 3.57. The van der Waals surface area contributed by atoms with E-state index < -0.39 is 0 Å². The molecule has 1 unspecified atom stereocenters. The maximum Gasteiger partial charge on any atom is 0.140 e. The van der Waals surface area contributed by atoms with Crippen LogP contribution in [0.25, 0.3) is 0 Å². The molecule has 110 valence electrons. The summed E-state index contributed by atoms with van der Waals surface area (Å²) in [5.74, 6) is 0.275. The number of halogens is 1. The highest BCUT2D eigenvalue weighted by Crippen LogP contribution is 2.28. The number of nitrogens with one attached hydrogen (secondary N) is 1. The highest BCUT2D eigenvalue weighted by Gasteiger charge is 2.20. The smallest absolute Gasteiger partial charge is 0.140 e. The second kappa shape index (κ2) is 5.91. The average molecular weight is 286 g/mol. The van der Waals surface area contributed by atoms with Gasteiger partial charge < -0.3 is 10.6 Å². The molecule has 1 aromatic carbocycles. The molecule has 3 N–H and O–H groups in total. The van der Waals surface area contributed by atoms with E-state index in [2.05, 4.69) is 4.98 Å². The van der Waals surface area contributed by atoms with Gasteiger partial charge in [-0.15, -0.1) is 0 Å². The van der Waals surface area contributed by atoms with Gasteiger partial charge in [0.25, 0.3) is 0 Å². The van der Waals surface area contributed by atoms with Gasteiger partial charge in [0.15, 0.2) is 0 Å². The van der Waals surface area contributed by atoms with Crippen LogP contribution < -0.4 is 10.6 Å². The molecular formula is C16H19FN4. The Morgan fingerprint density at radius 3 is 2.57 bits per heavy atom. The maximum atomic E-state index is 13.9. The summed E-state index contributed by atoms with van der Waals surface area (Å²) in [5, 5.41) is 7.66. The van der Waals surface area contributed by atoms with Gasteiger partial charge in [-0.2, -0.15) is 0 Å². The van der Waals surface area contributed by atoms with Crippen molar-refractivity contribution in [1.82, 2.24) is 4.98 Å². The molecule has 0 saturated carbocycles. The highest BCUT2D eigenvalue weighted by atomic mass is 19.1. The van der Waals surface area contributed by atoms with E-state index in [1.54, 1.807) is 24.3 Å². The Hall–Kier alpha value is -2.43. The number of aryl methyl sites for hydroxylation is 1. The van der Waals surface area contributed by atoms with Crippen molar-refractivity contribution in [3.8, 4) is 0 Å². The summed E-state index contributed by atoms with van der Waals surface area (Å²) >= 11 is 0. The van der Waals surface area contributed by atoms with Crippen molar-refractivity contribution in [1.29, 1.82) is 5.41 Å². The summed E-state index contributed by atoms with van der Waals surface area (Å²) in [7, 11) is 1.82. The number of pyridine rings is 1. The van der Waals surface area contributed by atoms with E-state index in [9.17, 15) is 4.39 Å². The minimum absolute atomic E-state index is 0.0508. The molecule has 2 rings (SSSR count). The van der Waals surface area contributed by atoms with Gasteiger partial charge in [-0.25, -0.2) is 9.37 Å². The number of rotatable bonds is 4. The van der Waals surface area contributed by atoms with Crippen LogP contribution in [0.5, 0.6) is 0 Å². The fourth-order valence-electron chi connectivity index (χ4n) is 2.23. The lowest BCUT2D eigenvalue weighted by Crippen LogP contribution is -2.27. The van der Waals surface area contributed by atoms with Crippen LogP contribution in [-0.2, 0) is 0 Å². The predicted molar refractivity (Wildman–Crippen MR) is 83.2 cm³/mol. The molecule has 0 radical (unpaired) electrons. The molecule has 4 nitrogen and oxygen atoms in total. The van der Waals surface area contributed by atoms with Gasteiger partial charge in [-0.05, 0) is 32.0 Å². The number of nitrogens with zero attached hydrogens (tertiary/aromatic N) is 2. The van der Waals surface area contributed by atoms with Gasteiger partial charge in [0.2, 0.25) is 0 Å². The molecule has 0 amide bonds. The molecule has 0 aliphatic heterocycles. The van der Waals surface area contributed by atoms with Crippen LogP contribution in [0.15, 0.2) is 36.4 Å². The first-order valence-electron chi connectivity index (χ1n) is 6.71. The fourth-order valence-corrected chi connectivity index (χ4v) is 2.23. The lowest BCUT2D eigenvalue weighted by molar-refractivity contribution is 0.584. The monoisotopic (exact) mass is 286 g/mol. The molecule has 1 atom stereocenters. The van der Waals surface area contributed by atoms with Gasteiger partial charge in [0, 0.05) is 18.3 Å². The zero-order chi connectivity index (χ0) is 15.6. The number of aromatic nitrogens is 1. The summed E-state index contributed by atoms with van der Waals surface area (Å²) in [4.78, 5) is 6.29. The number of amidine groups is 1. The van der Waals surface area contributed by atoms with Crippen molar-refractivity contribution in [2.24, 2.45) is 5.73 Å². The fraction of sp³-hybridized carbons (Fsp3) is 0.250. The van der Waals surface area contributed by atoms with Crippen LogP contribution in [0.4, 0.5) is 10.2 Å².